The Kier molecular flexibility index (Phi) is 6.24. The van der Waals surface area contributed by atoms with Gasteiger partial charge in [-0.05, 0) is 54.6 Å². The average Bonchev–Trinajstić information content (AvgIpc) is 2.73. The van der Waals surface area contributed by atoms with Crippen molar-refractivity contribution in [1.29, 1.82) is 0 Å². The molecule has 7 heteroatoms. The molecule has 0 bridgehead atoms. The minimum atomic E-state index is -0.332. The second kappa shape index (κ2) is 9.01. The van der Waals surface area contributed by atoms with Gasteiger partial charge in [0.1, 0.15) is 5.75 Å². The molecule has 6 nitrogen and oxygen atoms in total. The van der Waals surface area contributed by atoms with Crippen LogP contribution in [0.1, 0.15) is 26.4 Å². The number of methoxy groups -OCH3 is 1. The number of hydrogen-bond acceptors (Lipinski definition) is 4. The standard InChI is InChI=1S/C21H18ClN3O3/c1-28-19-10-9-16(22)12-18(19)25-21(27)15-7-5-14(6-8-15)20(26)24-13-17-4-2-3-11-23-17/h2-12H,13H2,1H3,(H,24,26)(H,25,27). The van der Waals surface area contributed by atoms with Gasteiger partial charge in [-0.2, -0.15) is 0 Å². The summed E-state index contributed by atoms with van der Waals surface area (Å²) in [6.45, 7) is 0.330. The smallest absolute Gasteiger partial charge is 0.255 e. The molecule has 142 valence electrons. The third kappa shape index (κ3) is 4.86. The number of anilines is 1. The Balaban J connectivity index is 1.64. The molecule has 28 heavy (non-hydrogen) atoms. The van der Waals surface area contributed by atoms with Crippen molar-refractivity contribution < 1.29 is 14.3 Å². The van der Waals surface area contributed by atoms with Gasteiger partial charge in [-0.1, -0.05) is 17.7 Å². The van der Waals surface area contributed by atoms with Gasteiger partial charge in [0.2, 0.25) is 0 Å². The molecular weight excluding hydrogens is 378 g/mol. The maximum atomic E-state index is 12.5. The second-order valence-electron chi connectivity index (χ2n) is 5.88. The Morgan fingerprint density at radius 3 is 2.36 bits per heavy atom. The molecule has 1 heterocycles. The number of amides is 2. The van der Waals surface area contributed by atoms with Gasteiger partial charge in [-0.3, -0.25) is 14.6 Å². The van der Waals surface area contributed by atoms with E-state index in [4.69, 9.17) is 16.3 Å². The summed E-state index contributed by atoms with van der Waals surface area (Å²) in [6.07, 6.45) is 1.67. The highest BCUT2D eigenvalue weighted by Gasteiger charge is 2.12. The fraction of sp³-hybridized carbons (Fsp3) is 0.0952. The molecule has 0 saturated heterocycles. The number of benzene rings is 2. The van der Waals surface area contributed by atoms with E-state index in [0.29, 0.717) is 34.1 Å². The summed E-state index contributed by atoms with van der Waals surface area (Å²) in [4.78, 5) is 28.9. The van der Waals surface area contributed by atoms with E-state index in [-0.39, 0.29) is 11.8 Å². The lowest BCUT2D eigenvalue weighted by atomic mass is 10.1. The molecule has 0 spiro atoms. The van der Waals surface area contributed by atoms with E-state index < -0.39 is 0 Å². The number of carbonyl (C=O) groups excluding carboxylic acids is 2. The molecule has 1 aromatic heterocycles. The van der Waals surface area contributed by atoms with Crippen molar-refractivity contribution in [3.63, 3.8) is 0 Å². The lowest BCUT2D eigenvalue weighted by molar-refractivity contribution is 0.0948. The number of nitrogens with one attached hydrogen (secondary N) is 2. The van der Waals surface area contributed by atoms with Crippen molar-refractivity contribution in [2.75, 3.05) is 12.4 Å². The minimum absolute atomic E-state index is 0.242. The van der Waals surface area contributed by atoms with Crippen LogP contribution in [0.2, 0.25) is 5.02 Å². The van der Waals surface area contributed by atoms with Crippen LogP contribution in [0.15, 0.2) is 66.9 Å². The van der Waals surface area contributed by atoms with E-state index in [1.807, 2.05) is 18.2 Å². The fourth-order valence-electron chi connectivity index (χ4n) is 2.52. The van der Waals surface area contributed by atoms with Crippen molar-refractivity contribution in [3.05, 3.63) is 88.7 Å². The minimum Gasteiger partial charge on any atom is -0.495 e. The van der Waals surface area contributed by atoms with E-state index in [2.05, 4.69) is 15.6 Å². The number of pyridine rings is 1. The van der Waals surface area contributed by atoms with Crippen LogP contribution in [0.4, 0.5) is 5.69 Å². The van der Waals surface area contributed by atoms with Gasteiger partial charge >= 0.3 is 0 Å². The maximum Gasteiger partial charge on any atom is 0.255 e. The molecule has 0 radical (unpaired) electrons. The van der Waals surface area contributed by atoms with Crippen LogP contribution >= 0.6 is 11.6 Å². The number of carbonyl (C=O) groups is 2. The van der Waals surface area contributed by atoms with Crippen LogP contribution < -0.4 is 15.4 Å². The number of hydrogen-bond donors (Lipinski definition) is 2. The molecule has 2 amide bonds. The average molecular weight is 396 g/mol. The first-order valence-corrected chi connectivity index (χ1v) is 8.87. The quantitative estimate of drug-likeness (QED) is 0.662. The van der Waals surface area contributed by atoms with Crippen LogP contribution in [0.3, 0.4) is 0 Å². The lowest BCUT2D eigenvalue weighted by Crippen LogP contribution is -2.23. The third-order valence-corrected chi connectivity index (χ3v) is 4.21. The highest BCUT2D eigenvalue weighted by atomic mass is 35.5. The van der Waals surface area contributed by atoms with Crippen molar-refractivity contribution >= 4 is 29.1 Å². The Hall–Kier alpha value is -3.38. The van der Waals surface area contributed by atoms with Gasteiger partial charge in [0.25, 0.3) is 11.8 Å². The number of ether oxygens (including phenoxy) is 1. The highest BCUT2D eigenvalue weighted by molar-refractivity contribution is 6.31. The first-order valence-electron chi connectivity index (χ1n) is 8.50. The summed E-state index contributed by atoms with van der Waals surface area (Å²) in [5.74, 6) is -0.0709. The first-order chi connectivity index (χ1) is 13.6. The lowest BCUT2D eigenvalue weighted by Gasteiger charge is -2.11. The maximum absolute atomic E-state index is 12.5. The van der Waals surface area contributed by atoms with Gasteiger partial charge in [0, 0.05) is 22.3 Å². The summed E-state index contributed by atoms with van der Waals surface area (Å²) < 4.78 is 5.22. The summed E-state index contributed by atoms with van der Waals surface area (Å²) in [6, 6.07) is 16.8. The number of nitrogens with zero attached hydrogens (tertiary/aromatic N) is 1. The predicted molar refractivity (Wildman–Crippen MR) is 108 cm³/mol. The van der Waals surface area contributed by atoms with Crippen LogP contribution in [0.25, 0.3) is 0 Å². The molecule has 0 unspecified atom stereocenters. The van der Waals surface area contributed by atoms with Crippen molar-refractivity contribution in [3.8, 4) is 5.75 Å². The number of halogens is 1. The molecule has 0 atom stereocenters. The molecule has 0 saturated carbocycles. The zero-order valence-corrected chi connectivity index (χ0v) is 15.9. The molecular formula is C21H18ClN3O3. The van der Waals surface area contributed by atoms with Gasteiger partial charge in [0.15, 0.2) is 0 Å². The second-order valence-corrected chi connectivity index (χ2v) is 6.32. The number of aromatic nitrogens is 1. The van der Waals surface area contributed by atoms with E-state index >= 15 is 0 Å². The zero-order valence-electron chi connectivity index (χ0n) is 15.1. The summed E-state index contributed by atoms with van der Waals surface area (Å²) >= 11 is 5.98. The topological polar surface area (TPSA) is 80.3 Å². The van der Waals surface area contributed by atoms with Crippen LogP contribution in [-0.4, -0.2) is 23.9 Å². The first kappa shape index (κ1) is 19.4. The van der Waals surface area contributed by atoms with Gasteiger partial charge in [-0.15, -0.1) is 0 Å². The molecule has 2 N–H and O–H groups in total. The van der Waals surface area contributed by atoms with Crippen molar-refractivity contribution in [2.45, 2.75) is 6.54 Å². The largest absolute Gasteiger partial charge is 0.495 e. The predicted octanol–water partition coefficient (Wildman–Crippen LogP) is 3.93. The molecule has 0 aliphatic carbocycles. The van der Waals surface area contributed by atoms with Gasteiger partial charge < -0.3 is 15.4 Å². The van der Waals surface area contributed by atoms with E-state index in [1.54, 1.807) is 48.7 Å². The van der Waals surface area contributed by atoms with Crippen LogP contribution in [-0.2, 0) is 6.54 Å². The van der Waals surface area contributed by atoms with E-state index in [9.17, 15) is 9.59 Å². The molecule has 2 aromatic carbocycles. The van der Waals surface area contributed by atoms with Crippen molar-refractivity contribution in [2.24, 2.45) is 0 Å². The molecule has 0 aliphatic heterocycles. The van der Waals surface area contributed by atoms with Gasteiger partial charge in [0.05, 0.1) is 25.0 Å². The SMILES string of the molecule is COc1ccc(Cl)cc1NC(=O)c1ccc(C(=O)NCc2ccccn2)cc1. The van der Waals surface area contributed by atoms with E-state index in [1.165, 1.54) is 7.11 Å². The molecule has 3 aromatic rings. The molecule has 0 aliphatic rings. The summed E-state index contributed by atoms with van der Waals surface area (Å²) in [7, 11) is 1.51. The Morgan fingerprint density at radius 2 is 1.71 bits per heavy atom. The zero-order chi connectivity index (χ0) is 19.9. The molecule has 3 rings (SSSR count). The fourth-order valence-corrected chi connectivity index (χ4v) is 2.69. The van der Waals surface area contributed by atoms with Crippen LogP contribution in [0, 0.1) is 0 Å². The van der Waals surface area contributed by atoms with E-state index in [0.717, 1.165) is 5.69 Å². The molecule has 0 fully saturated rings. The Bertz CT molecular complexity index is 976. The summed E-state index contributed by atoms with van der Waals surface area (Å²) in [5.41, 5.74) is 2.09. The van der Waals surface area contributed by atoms with Gasteiger partial charge in [-0.25, -0.2) is 0 Å². The Labute approximate surface area is 167 Å². The highest BCUT2D eigenvalue weighted by Crippen LogP contribution is 2.28. The monoisotopic (exact) mass is 395 g/mol. The number of rotatable bonds is 6. The summed E-state index contributed by atoms with van der Waals surface area (Å²) in [5, 5.41) is 6.03. The van der Waals surface area contributed by atoms with Crippen molar-refractivity contribution in [1.82, 2.24) is 10.3 Å². The van der Waals surface area contributed by atoms with Crippen LogP contribution in [0.5, 0.6) is 5.75 Å². The third-order valence-electron chi connectivity index (χ3n) is 3.98. The normalized spacial score (nSPS) is 10.2. The Morgan fingerprint density at radius 1 is 1.00 bits per heavy atom.